The van der Waals surface area contributed by atoms with Gasteiger partial charge in [0.1, 0.15) is 11.7 Å². The molecule has 2 nitrogen and oxygen atoms in total. The van der Waals surface area contributed by atoms with Crippen molar-refractivity contribution < 1.29 is 9.53 Å². The summed E-state index contributed by atoms with van der Waals surface area (Å²) < 4.78 is 6.77. The summed E-state index contributed by atoms with van der Waals surface area (Å²) in [4.78, 5) is 14.5. The van der Waals surface area contributed by atoms with Crippen molar-refractivity contribution in [2.24, 2.45) is 5.41 Å². The first-order chi connectivity index (χ1) is 19.5. The van der Waals surface area contributed by atoms with Gasteiger partial charge in [-0.3, -0.25) is 4.79 Å². The van der Waals surface area contributed by atoms with Crippen LogP contribution in [-0.2, 0) is 9.53 Å². The fourth-order valence-electron chi connectivity index (χ4n) is 6.71. The van der Waals surface area contributed by atoms with Crippen LogP contribution in [0.15, 0.2) is 114 Å². The molecular formula is C38H36O2. The van der Waals surface area contributed by atoms with Crippen LogP contribution in [-0.4, -0.2) is 5.97 Å². The van der Waals surface area contributed by atoms with Crippen LogP contribution in [0.25, 0.3) is 27.8 Å². The summed E-state index contributed by atoms with van der Waals surface area (Å²) in [6.07, 6.45) is 5.16. The molecule has 0 saturated carbocycles. The van der Waals surface area contributed by atoms with E-state index in [0.717, 1.165) is 63.8 Å². The third-order valence-corrected chi connectivity index (χ3v) is 8.44. The van der Waals surface area contributed by atoms with Gasteiger partial charge in [0.25, 0.3) is 0 Å². The number of rotatable bonds is 7. The van der Waals surface area contributed by atoms with E-state index in [1.54, 1.807) is 0 Å². The standard InChI is InChI=1S/C38H36O2/c1-5-15-33(38(3,4)24-6-2)36(34-29-20-11-7-16-25(29)26-17-8-12-21-30(26)34)40-37(39)35-31-22-13-9-18-27(31)28-19-10-14-23-32(28)35/h7-23,35H,5-6,24H2,1-4H3/b33-15-. The molecule has 2 aliphatic carbocycles. The molecule has 0 amide bonds. The van der Waals surface area contributed by atoms with E-state index in [0.29, 0.717) is 5.76 Å². The van der Waals surface area contributed by atoms with Gasteiger partial charge in [-0.25, -0.2) is 0 Å². The molecule has 4 aromatic rings. The fourth-order valence-corrected chi connectivity index (χ4v) is 6.71. The lowest BCUT2D eigenvalue weighted by Crippen LogP contribution is -2.23. The van der Waals surface area contributed by atoms with Crippen LogP contribution in [0, 0.1) is 5.41 Å². The van der Waals surface area contributed by atoms with Crippen molar-refractivity contribution in [3.8, 4) is 22.3 Å². The van der Waals surface area contributed by atoms with Gasteiger partial charge >= 0.3 is 5.97 Å². The lowest BCUT2D eigenvalue weighted by atomic mass is 9.77. The molecule has 0 atom stereocenters. The van der Waals surface area contributed by atoms with Crippen LogP contribution in [0.3, 0.4) is 0 Å². The van der Waals surface area contributed by atoms with Gasteiger partial charge in [-0.15, -0.1) is 0 Å². The molecule has 0 aromatic heterocycles. The highest BCUT2D eigenvalue weighted by Gasteiger charge is 2.39. The smallest absolute Gasteiger partial charge is 0.323 e. The third-order valence-electron chi connectivity index (χ3n) is 8.44. The predicted octanol–water partition coefficient (Wildman–Crippen LogP) is 9.94. The molecule has 4 aromatic carbocycles. The molecule has 0 N–H and O–H groups in total. The van der Waals surface area contributed by atoms with E-state index in [4.69, 9.17) is 4.74 Å². The summed E-state index contributed by atoms with van der Waals surface area (Å²) >= 11 is 0. The molecule has 0 radical (unpaired) electrons. The normalized spacial score (nSPS) is 13.9. The minimum absolute atomic E-state index is 0.175. The number of carbonyl (C=O) groups excluding carboxylic acids is 1. The van der Waals surface area contributed by atoms with Crippen molar-refractivity contribution in [3.05, 3.63) is 137 Å². The molecule has 2 heteroatoms. The van der Waals surface area contributed by atoms with Crippen molar-refractivity contribution in [1.82, 2.24) is 0 Å². The summed E-state index contributed by atoms with van der Waals surface area (Å²) in [6.45, 7) is 8.93. The van der Waals surface area contributed by atoms with Gasteiger partial charge in [0.2, 0.25) is 0 Å². The van der Waals surface area contributed by atoms with E-state index in [1.165, 1.54) is 11.1 Å². The van der Waals surface area contributed by atoms with Gasteiger partial charge in [-0.2, -0.15) is 0 Å². The Morgan fingerprint density at radius 2 is 1.15 bits per heavy atom. The van der Waals surface area contributed by atoms with Crippen LogP contribution in [0.5, 0.6) is 0 Å². The van der Waals surface area contributed by atoms with Crippen LogP contribution >= 0.6 is 0 Å². The number of esters is 1. The third kappa shape index (κ3) is 4.23. The Morgan fingerprint density at radius 1 is 0.700 bits per heavy atom. The van der Waals surface area contributed by atoms with E-state index in [1.807, 2.05) is 24.3 Å². The van der Waals surface area contributed by atoms with Crippen molar-refractivity contribution in [1.29, 1.82) is 0 Å². The molecule has 0 spiro atoms. The number of hydrogen-bond acceptors (Lipinski definition) is 2. The average Bonchev–Trinajstić information content (AvgIpc) is 3.48. The summed E-state index contributed by atoms with van der Waals surface area (Å²) in [5.41, 5.74) is 10.8. The zero-order chi connectivity index (χ0) is 27.9. The molecule has 2 aliphatic rings. The average molecular weight is 525 g/mol. The van der Waals surface area contributed by atoms with Gasteiger partial charge in [-0.1, -0.05) is 137 Å². The lowest BCUT2D eigenvalue weighted by molar-refractivity contribution is -0.139. The zero-order valence-electron chi connectivity index (χ0n) is 23.8. The Bertz CT molecular complexity index is 1570. The number of hydrogen-bond donors (Lipinski definition) is 0. The zero-order valence-corrected chi connectivity index (χ0v) is 23.8. The minimum atomic E-state index is -0.466. The van der Waals surface area contributed by atoms with E-state index < -0.39 is 5.92 Å². The second-order valence-corrected chi connectivity index (χ2v) is 11.5. The number of benzene rings is 4. The Morgan fingerprint density at radius 3 is 1.62 bits per heavy atom. The SMILES string of the molecule is CC/C=C(/C(OC(=O)C1c2ccccc2-c2ccccc21)=C1c2ccccc2-c2ccccc21)C(C)(C)CCC. The molecule has 200 valence electrons. The molecule has 0 heterocycles. The summed E-state index contributed by atoms with van der Waals surface area (Å²) in [6, 6.07) is 33.4. The van der Waals surface area contributed by atoms with Gasteiger partial charge in [0.05, 0.1) is 0 Å². The second-order valence-electron chi connectivity index (χ2n) is 11.5. The first kappa shape index (κ1) is 26.1. The molecule has 0 fully saturated rings. The monoisotopic (exact) mass is 524 g/mol. The van der Waals surface area contributed by atoms with Crippen molar-refractivity contribution in [2.75, 3.05) is 0 Å². The maximum absolute atomic E-state index is 14.5. The highest BCUT2D eigenvalue weighted by atomic mass is 16.5. The predicted molar refractivity (Wildman–Crippen MR) is 165 cm³/mol. The number of fused-ring (bicyclic) bond motifs is 6. The molecule has 6 rings (SSSR count). The fraction of sp³-hybridized carbons (Fsp3) is 0.237. The molecule has 0 unspecified atom stereocenters. The molecule has 40 heavy (non-hydrogen) atoms. The highest BCUT2D eigenvalue weighted by Crippen LogP contribution is 2.51. The van der Waals surface area contributed by atoms with E-state index in [9.17, 15) is 4.79 Å². The van der Waals surface area contributed by atoms with Crippen molar-refractivity contribution >= 4 is 11.5 Å². The quantitative estimate of drug-likeness (QED) is 0.156. The maximum atomic E-state index is 14.5. The largest absolute Gasteiger partial charge is 0.425 e. The van der Waals surface area contributed by atoms with Gasteiger partial charge in [-0.05, 0) is 68.3 Å². The number of carbonyl (C=O) groups is 1. The van der Waals surface area contributed by atoms with Crippen molar-refractivity contribution in [3.63, 3.8) is 0 Å². The lowest BCUT2D eigenvalue weighted by Gasteiger charge is -2.31. The summed E-state index contributed by atoms with van der Waals surface area (Å²) in [7, 11) is 0. The number of ether oxygens (including phenoxy) is 1. The van der Waals surface area contributed by atoms with E-state index in [2.05, 4.69) is 107 Å². The van der Waals surface area contributed by atoms with E-state index in [-0.39, 0.29) is 11.4 Å². The first-order valence-corrected chi connectivity index (χ1v) is 14.5. The van der Waals surface area contributed by atoms with Gasteiger partial charge in [0, 0.05) is 5.57 Å². The maximum Gasteiger partial charge on any atom is 0.323 e. The van der Waals surface area contributed by atoms with Gasteiger partial charge < -0.3 is 4.74 Å². The first-order valence-electron chi connectivity index (χ1n) is 14.5. The topological polar surface area (TPSA) is 26.3 Å². The molecule has 0 aliphatic heterocycles. The Labute approximate surface area is 238 Å². The highest BCUT2D eigenvalue weighted by molar-refractivity contribution is 6.04. The minimum Gasteiger partial charge on any atom is -0.425 e. The summed E-state index contributed by atoms with van der Waals surface area (Å²) in [5.74, 6) is 0.00711. The van der Waals surface area contributed by atoms with E-state index >= 15 is 0 Å². The van der Waals surface area contributed by atoms with Crippen LogP contribution in [0.2, 0.25) is 0 Å². The van der Waals surface area contributed by atoms with Gasteiger partial charge in [0.15, 0.2) is 0 Å². The second kappa shape index (κ2) is 10.4. The summed E-state index contributed by atoms with van der Waals surface area (Å²) in [5, 5.41) is 0. The molecule has 0 bridgehead atoms. The van der Waals surface area contributed by atoms with Crippen LogP contribution in [0.4, 0.5) is 0 Å². The van der Waals surface area contributed by atoms with Crippen molar-refractivity contribution in [2.45, 2.75) is 52.9 Å². The van der Waals surface area contributed by atoms with Crippen LogP contribution in [0.1, 0.15) is 75.1 Å². The Balaban J connectivity index is 1.58. The Hall–Kier alpha value is -4.17. The molecule has 0 saturated heterocycles. The number of allylic oxidation sites excluding steroid dienone is 2. The Kier molecular flexibility index (Phi) is 6.80. The molecular weight excluding hydrogens is 488 g/mol. The van der Waals surface area contributed by atoms with Crippen LogP contribution < -0.4 is 0 Å².